The van der Waals surface area contributed by atoms with Crippen LogP contribution in [0.25, 0.3) is 0 Å². The fraction of sp³-hybridized carbons (Fsp3) is 0.240. The zero-order valence-electron chi connectivity index (χ0n) is 18.6. The Morgan fingerprint density at radius 1 is 0.969 bits per heavy atom. The minimum absolute atomic E-state index is 0.217. The molecule has 6 nitrogen and oxygen atoms in total. The first kappa shape index (κ1) is 23.3. The third kappa shape index (κ3) is 5.11. The number of sulfonamides is 1. The standard InChI is InChI=1S/C25H27NO5S/c1-18(2)26(32(28,29)22-8-6-5-7-9-22)23-15-10-19(3)16-24(23)31-17-20-11-13-21(14-12-20)25(27)30-4/h5-16,18H,17H2,1-4H3. The van der Waals surface area contributed by atoms with Gasteiger partial charge in [-0.25, -0.2) is 13.2 Å². The molecule has 32 heavy (non-hydrogen) atoms. The number of rotatable bonds is 8. The van der Waals surface area contributed by atoms with Gasteiger partial charge in [0.05, 0.1) is 23.3 Å². The van der Waals surface area contributed by atoms with E-state index < -0.39 is 16.0 Å². The van der Waals surface area contributed by atoms with E-state index >= 15 is 0 Å². The summed E-state index contributed by atoms with van der Waals surface area (Å²) in [6, 6.07) is 20.4. The number of carbonyl (C=O) groups excluding carboxylic acids is 1. The van der Waals surface area contributed by atoms with Crippen molar-refractivity contribution in [2.45, 2.75) is 38.3 Å². The fourth-order valence-electron chi connectivity index (χ4n) is 3.33. The number of carbonyl (C=O) groups is 1. The molecule has 0 bridgehead atoms. The van der Waals surface area contributed by atoms with Gasteiger partial charge in [-0.1, -0.05) is 36.4 Å². The molecule has 3 aromatic carbocycles. The van der Waals surface area contributed by atoms with Gasteiger partial charge in [-0.15, -0.1) is 0 Å². The number of anilines is 1. The minimum Gasteiger partial charge on any atom is -0.487 e. The van der Waals surface area contributed by atoms with Crippen LogP contribution in [0.5, 0.6) is 5.75 Å². The van der Waals surface area contributed by atoms with Crippen LogP contribution in [0.1, 0.15) is 35.3 Å². The normalized spacial score (nSPS) is 11.3. The fourth-order valence-corrected chi connectivity index (χ4v) is 5.02. The first-order valence-corrected chi connectivity index (χ1v) is 11.7. The lowest BCUT2D eigenvalue weighted by molar-refractivity contribution is 0.0600. The van der Waals surface area contributed by atoms with Crippen LogP contribution in [0, 0.1) is 6.92 Å². The summed E-state index contributed by atoms with van der Waals surface area (Å²) < 4.78 is 39.1. The average molecular weight is 454 g/mol. The molecule has 0 radical (unpaired) electrons. The molecule has 0 saturated carbocycles. The van der Waals surface area contributed by atoms with E-state index in [1.165, 1.54) is 11.4 Å². The number of esters is 1. The summed E-state index contributed by atoms with van der Waals surface area (Å²) >= 11 is 0. The number of nitrogens with zero attached hydrogens (tertiary/aromatic N) is 1. The van der Waals surface area contributed by atoms with Gasteiger partial charge in [-0.3, -0.25) is 4.31 Å². The molecule has 0 amide bonds. The van der Waals surface area contributed by atoms with Crippen molar-refractivity contribution >= 4 is 21.7 Å². The second-order valence-corrected chi connectivity index (χ2v) is 9.47. The van der Waals surface area contributed by atoms with Gasteiger partial charge in [-0.2, -0.15) is 0 Å². The van der Waals surface area contributed by atoms with Crippen LogP contribution in [0.4, 0.5) is 5.69 Å². The summed E-state index contributed by atoms with van der Waals surface area (Å²) in [4.78, 5) is 11.8. The van der Waals surface area contributed by atoms with E-state index in [1.54, 1.807) is 60.7 Å². The van der Waals surface area contributed by atoms with Crippen LogP contribution >= 0.6 is 0 Å². The van der Waals surface area contributed by atoms with Crippen molar-refractivity contribution in [2.75, 3.05) is 11.4 Å². The molecule has 0 aromatic heterocycles. The van der Waals surface area contributed by atoms with Gasteiger partial charge in [0.15, 0.2) is 0 Å². The van der Waals surface area contributed by atoms with Gasteiger partial charge < -0.3 is 9.47 Å². The largest absolute Gasteiger partial charge is 0.487 e. The Hall–Kier alpha value is -3.32. The highest BCUT2D eigenvalue weighted by Crippen LogP contribution is 2.35. The molecule has 0 saturated heterocycles. The molecule has 0 aliphatic carbocycles. The van der Waals surface area contributed by atoms with Crippen molar-refractivity contribution in [1.29, 1.82) is 0 Å². The van der Waals surface area contributed by atoms with Crippen molar-refractivity contribution < 1.29 is 22.7 Å². The highest BCUT2D eigenvalue weighted by molar-refractivity contribution is 7.92. The second kappa shape index (κ2) is 9.87. The molecular formula is C25H27NO5S. The number of hydrogen-bond donors (Lipinski definition) is 0. The molecule has 0 N–H and O–H groups in total. The van der Waals surface area contributed by atoms with Crippen LogP contribution in [0.2, 0.25) is 0 Å². The van der Waals surface area contributed by atoms with Crippen molar-refractivity contribution in [3.05, 3.63) is 89.5 Å². The Labute approximate surface area is 189 Å². The number of aryl methyl sites for hydroxylation is 1. The number of ether oxygens (including phenoxy) is 2. The molecule has 0 fully saturated rings. The van der Waals surface area contributed by atoms with Gasteiger partial charge in [0, 0.05) is 6.04 Å². The molecule has 168 valence electrons. The predicted octanol–water partition coefficient (Wildman–Crippen LogP) is 4.96. The van der Waals surface area contributed by atoms with Crippen molar-refractivity contribution in [1.82, 2.24) is 0 Å². The Bertz CT molecular complexity index is 1170. The molecule has 0 aliphatic heterocycles. The summed E-state index contributed by atoms with van der Waals surface area (Å²) in [7, 11) is -2.45. The monoisotopic (exact) mass is 453 g/mol. The van der Waals surface area contributed by atoms with Gasteiger partial charge in [-0.05, 0) is 68.3 Å². The van der Waals surface area contributed by atoms with E-state index in [9.17, 15) is 13.2 Å². The lowest BCUT2D eigenvalue weighted by Crippen LogP contribution is -2.37. The van der Waals surface area contributed by atoms with E-state index in [2.05, 4.69) is 0 Å². The molecule has 7 heteroatoms. The van der Waals surface area contributed by atoms with Crippen molar-refractivity contribution in [2.24, 2.45) is 0 Å². The molecule has 0 atom stereocenters. The average Bonchev–Trinajstić information content (AvgIpc) is 2.79. The molecule has 0 spiro atoms. The molecular weight excluding hydrogens is 426 g/mol. The predicted molar refractivity (Wildman–Crippen MR) is 125 cm³/mol. The highest BCUT2D eigenvalue weighted by Gasteiger charge is 2.29. The lowest BCUT2D eigenvalue weighted by atomic mass is 10.1. The topological polar surface area (TPSA) is 72.9 Å². The van der Waals surface area contributed by atoms with E-state index in [0.29, 0.717) is 17.0 Å². The van der Waals surface area contributed by atoms with Crippen LogP contribution in [-0.4, -0.2) is 27.5 Å². The van der Waals surface area contributed by atoms with Gasteiger partial charge in [0.25, 0.3) is 10.0 Å². The maximum Gasteiger partial charge on any atom is 0.337 e. The van der Waals surface area contributed by atoms with Crippen molar-refractivity contribution in [3.63, 3.8) is 0 Å². The molecule has 0 heterocycles. The van der Waals surface area contributed by atoms with Gasteiger partial charge in [0.1, 0.15) is 12.4 Å². The first-order valence-electron chi connectivity index (χ1n) is 10.2. The Balaban J connectivity index is 1.93. The van der Waals surface area contributed by atoms with E-state index in [0.717, 1.165) is 11.1 Å². The quantitative estimate of drug-likeness (QED) is 0.451. The molecule has 0 unspecified atom stereocenters. The number of hydrogen-bond acceptors (Lipinski definition) is 5. The third-order valence-corrected chi connectivity index (χ3v) is 6.90. The van der Waals surface area contributed by atoms with Gasteiger partial charge in [0.2, 0.25) is 0 Å². The first-order chi connectivity index (χ1) is 15.2. The summed E-state index contributed by atoms with van der Waals surface area (Å²) in [5.74, 6) is 0.0624. The minimum atomic E-state index is -3.79. The second-order valence-electron chi connectivity index (χ2n) is 7.66. The SMILES string of the molecule is COC(=O)c1ccc(COc2cc(C)ccc2N(C(C)C)S(=O)(=O)c2ccccc2)cc1. The van der Waals surface area contributed by atoms with Crippen molar-refractivity contribution in [3.8, 4) is 5.75 Å². The summed E-state index contributed by atoms with van der Waals surface area (Å²) in [6.07, 6.45) is 0. The van der Waals surface area contributed by atoms with Crippen LogP contribution < -0.4 is 9.04 Å². The molecule has 0 aliphatic rings. The summed E-state index contributed by atoms with van der Waals surface area (Å²) in [6.45, 7) is 5.80. The number of methoxy groups -OCH3 is 1. The molecule has 3 rings (SSSR count). The van der Waals surface area contributed by atoms with E-state index in [-0.39, 0.29) is 17.5 Å². The Morgan fingerprint density at radius 2 is 1.62 bits per heavy atom. The van der Waals surface area contributed by atoms with E-state index in [4.69, 9.17) is 9.47 Å². The Morgan fingerprint density at radius 3 is 2.22 bits per heavy atom. The maximum absolute atomic E-state index is 13.4. The van der Waals surface area contributed by atoms with E-state index in [1.807, 2.05) is 32.9 Å². The third-order valence-electron chi connectivity index (χ3n) is 4.89. The highest BCUT2D eigenvalue weighted by atomic mass is 32.2. The Kier molecular flexibility index (Phi) is 7.20. The van der Waals surface area contributed by atoms with Crippen LogP contribution in [-0.2, 0) is 21.4 Å². The zero-order chi connectivity index (χ0) is 23.3. The van der Waals surface area contributed by atoms with Gasteiger partial charge >= 0.3 is 5.97 Å². The lowest BCUT2D eigenvalue weighted by Gasteiger charge is -2.30. The maximum atomic E-state index is 13.4. The zero-order valence-corrected chi connectivity index (χ0v) is 19.4. The molecule has 3 aromatic rings. The summed E-state index contributed by atoms with van der Waals surface area (Å²) in [5, 5.41) is 0. The van der Waals surface area contributed by atoms with Crippen LogP contribution in [0.15, 0.2) is 77.7 Å². The van der Waals surface area contributed by atoms with Crippen LogP contribution in [0.3, 0.4) is 0 Å². The summed E-state index contributed by atoms with van der Waals surface area (Å²) in [5.41, 5.74) is 2.71. The number of benzene rings is 3. The smallest absolute Gasteiger partial charge is 0.337 e.